The zero-order valence-corrected chi connectivity index (χ0v) is 57.6. The third-order valence-corrected chi connectivity index (χ3v) is 20.9. The number of benzene rings is 3. The molecule has 5 aromatic rings. The Morgan fingerprint density at radius 2 is 1.40 bits per heavy atom. The standard InChI is InChI=1S/C66H91N13O20S2/c1-34-4-13-42(14-5-34)75-20-22-76(23-21-75)43-15-11-40(12-16-43)63-74-79-31-47(70-66(79)100-63)38-7-9-39(10-8-38)58(89)69-46-26-44(83)28-68-62(93)56-57(88)35(2)29-78(56)65(95)55(50(86)18-19-67-41(32-80)33-81)73-61(92)54(51(87)24-37-6-17-49(85)52(25-37)99-101(96,97)98)72-60(91)48-27-45(84)30-77(48)64(94)53(36(3)82)71-59(46)90/h6-12,15-17,25,31,34-36,41-42,44-46,48,50-51,53-57,67,80-88,96-98H,4-5,13-14,18-24,26-30,32-33H2,1-3H3,(H,68,93)(H,69,89)(H,71,90)(H,72,91)(H,73,92)/t34?,35-,36+,42?,44+,45+,46-,48-,50+,51+,53-,54-,55-,56-,57-/m0/s1. The molecule has 33 nitrogen and oxygen atoms in total. The highest BCUT2D eigenvalue weighted by molar-refractivity contribution is 8.15. The number of nitrogens with one attached hydrogen (secondary N) is 6. The van der Waals surface area contributed by atoms with Crippen molar-refractivity contribution in [2.75, 3.05) is 70.5 Å². The number of phenols is 1. The van der Waals surface area contributed by atoms with E-state index in [4.69, 9.17) is 10.1 Å². The van der Waals surface area contributed by atoms with Crippen molar-refractivity contribution < 1.29 is 97.4 Å². The summed E-state index contributed by atoms with van der Waals surface area (Å²) in [5, 5.41) is 120. The first-order valence-electron chi connectivity index (χ1n) is 33.8. The summed E-state index contributed by atoms with van der Waals surface area (Å²) >= 11 is -3.34. The average molecular weight is 1450 g/mol. The molecule has 101 heavy (non-hydrogen) atoms. The number of piperazine rings is 1. The van der Waals surface area contributed by atoms with Gasteiger partial charge in [0.05, 0.1) is 67.8 Å². The Bertz CT molecular complexity index is 3680. The number of aromatic hydroxyl groups is 1. The first kappa shape index (κ1) is 75.9. The second-order valence-corrected chi connectivity index (χ2v) is 29.0. The van der Waals surface area contributed by atoms with Gasteiger partial charge in [0.1, 0.15) is 41.3 Å². The van der Waals surface area contributed by atoms with E-state index >= 15 is 0 Å². The predicted molar refractivity (Wildman–Crippen MR) is 367 cm³/mol. The molecule has 552 valence electrons. The molecule has 5 fully saturated rings. The summed E-state index contributed by atoms with van der Waals surface area (Å²) in [7, 11) is 0. The maximum Gasteiger partial charge on any atom is 0.266 e. The van der Waals surface area contributed by atoms with Crippen LogP contribution in [0.3, 0.4) is 0 Å². The van der Waals surface area contributed by atoms with Crippen LogP contribution >= 0.6 is 22.5 Å². The van der Waals surface area contributed by atoms with E-state index in [-0.39, 0.29) is 24.2 Å². The van der Waals surface area contributed by atoms with Crippen LogP contribution in [0.15, 0.2) is 72.9 Å². The number of amides is 7. The van der Waals surface area contributed by atoms with Crippen molar-refractivity contribution in [2.45, 2.75) is 157 Å². The average Bonchev–Trinajstić information content (AvgIpc) is 1.69. The van der Waals surface area contributed by atoms with Crippen LogP contribution in [0.4, 0.5) is 5.69 Å². The van der Waals surface area contributed by atoms with Gasteiger partial charge in [-0.15, -0.1) is 0 Å². The number of carbonyl (C=O) groups excluding carboxylic acids is 7. The fraction of sp³-hybridized carbons (Fsp3) is 0.561. The molecule has 35 heteroatoms. The molecule has 4 saturated heterocycles. The Morgan fingerprint density at radius 3 is 2.05 bits per heavy atom. The number of aliphatic hydroxyl groups excluding tert-OH is 8. The van der Waals surface area contributed by atoms with E-state index in [1.807, 2.05) is 0 Å². The number of rotatable bonds is 19. The van der Waals surface area contributed by atoms with Crippen LogP contribution < -0.4 is 41.0 Å². The van der Waals surface area contributed by atoms with E-state index in [0.29, 0.717) is 22.3 Å². The number of hydrogen-bond donors (Lipinski definition) is 18. The summed E-state index contributed by atoms with van der Waals surface area (Å²) in [5.41, 5.74) is 3.16. The predicted octanol–water partition coefficient (Wildman–Crippen LogP) is -1.67. The second kappa shape index (κ2) is 33.2. The van der Waals surface area contributed by atoms with E-state index < -0.39 is 201 Å². The van der Waals surface area contributed by atoms with Crippen molar-refractivity contribution in [1.82, 2.24) is 61.2 Å². The number of aliphatic hydroxyl groups is 8. The molecule has 7 amide bonds. The molecule has 13 atom stereocenters. The molecule has 10 rings (SSSR count). The van der Waals surface area contributed by atoms with Crippen molar-refractivity contribution in [3.8, 4) is 33.3 Å². The molecule has 3 aromatic carbocycles. The van der Waals surface area contributed by atoms with Crippen molar-refractivity contribution >= 4 is 74.5 Å². The lowest BCUT2D eigenvalue weighted by Gasteiger charge is -2.42. The normalized spacial score (nSPS) is 27.6. The summed E-state index contributed by atoms with van der Waals surface area (Å²) in [6, 6.07) is 5.69. The van der Waals surface area contributed by atoms with Gasteiger partial charge >= 0.3 is 0 Å². The lowest BCUT2D eigenvalue weighted by molar-refractivity contribution is -0.147. The smallest absolute Gasteiger partial charge is 0.266 e. The van der Waals surface area contributed by atoms with Gasteiger partial charge in [-0.3, -0.25) is 52.1 Å². The highest BCUT2D eigenvalue weighted by atomic mass is 32.3. The van der Waals surface area contributed by atoms with Crippen LogP contribution in [0.2, 0.25) is 0 Å². The fourth-order valence-electron chi connectivity index (χ4n) is 13.7. The van der Waals surface area contributed by atoms with Crippen LogP contribution in [0, 0.1) is 11.8 Å². The molecule has 0 unspecified atom stereocenters. The summed E-state index contributed by atoms with van der Waals surface area (Å²) in [6.45, 7) is 5.91. The summed E-state index contributed by atoms with van der Waals surface area (Å²) in [4.78, 5) is 115. The van der Waals surface area contributed by atoms with Gasteiger partial charge < -0.3 is 96.7 Å². The Morgan fingerprint density at radius 1 is 0.743 bits per heavy atom. The maximum absolute atomic E-state index is 15.0. The first-order chi connectivity index (χ1) is 48.1. The van der Waals surface area contributed by atoms with Crippen molar-refractivity contribution in [3.05, 3.63) is 84.1 Å². The zero-order chi connectivity index (χ0) is 72.7. The third-order valence-electron chi connectivity index (χ3n) is 19.5. The third kappa shape index (κ3) is 18.6. The monoisotopic (exact) mass is 1450 g/mol. The van der Waals surface area contributed by atoms with Gasteiger partial charge in [0, 0.05) is 99.4 Å². The van der Waals surface area contributed by atoms with Gasteiger partial charge in [0.2, 0.25) is 40.4 Å². The van der Waals surface area contributed by atoms with Gasteiger partial charge in [0.25, 0.3) is 17.1 Å². The zero-order valence-electron chi connectivity index (χ0n) is 56.0. The molecular formula is C66H91N13O20S2. The Hall–Kier alpha value is -7.72. The molecule has 0 spiro atoms. The quantitative estimate of drug-likeness (QED) is 0.0439. The number of anilines is 1. The molecule has 0 radical (unpaired) electrons. The summed E-state index contributed by atoms with van der Waals surface area (Å²) in [6.07, 6.45) is -6.18. The van der Waals surface area contributed by atoms with Gasteiger partial charge in [-0.25, -0.2) is 9.50 Å². The molecule has 1 saturated carbocycles. The SMILES string of the molecule is CC1CCC(N2CCN(c3ccc(-c4nn5cc(-c6ccc(C(=O)N[C@H]7C[C@@H](O)CNC(=O)[C@@H]8[C@@H](O)[C@@H](C)CN8C(=O)[C@H]([C@H](O)CCNC(CO)CO)NC(=O)[C@H]([C@H](O)Cc8ccc(O)c(OS(O)(O)O)c8)NC(=O)[C@@H]8C[C@@H](O)CN8C(=O)[C@H]([C@@H](C)O)NC7=O)cc6)nc5s4)cc3)CC2)CC1. The van der Waals surface area contributed by atoms with E-state index in [9.17, 15) is 93.2 Å². The van der Waals surface area contributed by atoms with E-state index in [0.717, 1.165) is 77.2 Å². The number of β-amino-alcohol motifs (C(OH)–C–C–N with tert-alkyl or cyclic N) is 1. The van der Waals surface area contributed by atoms with Crippen molar-refractivity contribution in [1.29, 1.82) is 0 Å². The molecule has 2 aromatic heterocycles. The molecule has 5 aliphatic rings. The molecule has 0 bridgehead atoms. The highest BCUT2D eigenvalue weighted by Gasteiger charge is 2.50. The lowest BCUT2D eigenvalue weighted by atomic mass is 9.86. The Kier molecular flexibility index (Phi) is 24.9. The van der Waals surface area contributed by atoms with E-state index in [1.165, 1.54) is 62.1 Å². The topological polar surface area (TPSA) is 487 Å². The minimum Gasteiger partial charge on any atom is -0.504 e. The summed E-state index contributed by atoms with van der Waals surface area (Å²) < 4.78 is 35.1. The maximum atomic E-state index is 15.0. The Balaban J connectivity index is 0.890. The van der Waals surface area contributed by atoms with Crippen molar-refractivity contribution in [3.63, 3.8) is 0 Å². The van der Waals surface area contributed by atoms with Crippen LogP contribution in [0.25, 0.3) is 26.8 Å². The molecule has 4 aliphatic heterocycles. The van der Waals surface area contributed by atoms with Gasteiger partial charge in [-0.05, 0) is 106 Å². The first-order valence-corrected chi connectivity index (χ1v) is 36.0. The minimum absolute atomic E-state index is 0.00831. The van der Waals surface area contributed by atoms with Gasteiger partial charge in [0.15, 0.2) is 11.5 Å². The largest absolute Gasteiger partial charge is 0.504 e. The number of nitrogens with zero attached hydrogens (tertiary/aromatic N) is 7. The number of hydrogen-bond acceptors (Lipinski definition) is 26. The molecule has 18 N–H and O–H groups in total. The molecule has 1 aliphatic carbocycles. The van der Waals surface area contributed by atoms with Crippen LogP contribution in [-0.2, 0) is 35.2 Å². The van der Waals surface area contributed by atoms with E-state index in [2.05, 4.69) is 77.1 Å². The van der Waals surface area contributed by atoms with Crippen molar-refractivity contribution in [2.24, 2.45) is 11.8 Å². The number of fused-ring (bicyclic) bond motifs is 3. The van der Waals surface area contributed by atoms with Crippen LogP contribution in [-0.4, -0.2) is 281 Å². The van der Waals surface area contributed by atoms with Crippen LogP contribution in [0.5, 0.6) is 11.5 Å². The van der Waals surface area contributed by atoms with Gasteiger partial charge in [-0.2, -0.15) is 5.10 Å². The number of carbonyl (C=O) groups is 7. The second-order valence-electron chi connectivity index (χ2n) is 27.0. The molecule has 6 heterocycles. The highest BCUT2D eigenvalue weighted by Crippen LogP contribution is 2.41. The molecular weight excluding hydrogens is 1360 g/mol. The number of aromatic nitrogens is 3. The number of imidazole rings is 1. The lowest BCUT2D eigenvalue weighted by Crippen LogP contribution is -2.64. The summed E-state index contributed by atoms with van der Waals surface area (Å²) in [5.74, 6) is -9.66. The fourth-order valence-corrected chi connectivity index (χ4v) is 15.0. The minimum atomic E-state index is -4.74. The van der Waals surface area contributed by atoms with Crippen LogP contribution in [0.1, 0.15) is 81.6 Å². The van der Waals surface area contributed by atoms with E-state index in [1.54, 1.807) is 22.8 Å². The van der Waals surface area contributed by atoms with Gasteiger partial charge in [-0.1, -0.05) is 43.4 Å². The number of phenolic OH excluding ortho intramolecular Hbond substituents is 1. The Labute approximate surface area is 587 Å².